The van der Waals surface area contributed by atoms with Gasteiger partial charge in [0, 0.05) is 13.0 Å². The van der Waals surface area contributed by atoms with Gasteiger partial charge in [-0.3, -0.25) is 19.2 Å². The quantitative estimate of drug-likeness (QED) is 0.600. The van der Waals surface area contributed by atoms with Crippen LogP contribution in [0.15, 0.2) is 57.2 Å². The molecule has 0 fully saturated rings. The molecular formula is C20H22N4O6S2. The average Bonchev–Trinajstić information content (AvgIpc) is 3.01. The van der Waals surface area contributed by atoms with Gasteiger partial charge in [0.05, 0.1) is 21.2 Å². The van der Waals surface area contributed by atoms with E-state index in [2.05, 4.69) is 19.8 Å². The van der Waals surface area contributed by atoms with Crippen LogP contribution in [0.4, 0.5) is 11.4 Å². The summed E-state index contributed by atoms with van der Waals surface area (Å²) < 4.78 is 61.3. The molecule has 1 amide bonds. The summed E-state index contributed by atoms with van der Waals surface area (Å²) in [6.45, 7) is 0.434. The Morgan fingerprint density at radius 2 is 1.69 bits per heavy atom. The first-order valence-corrected chi connectivity index (χ1v) is 13.0. The molecule has 0 bridgehead atoms. The van der Waals surface area contributed by atoms with Crippen molar-refractivity contribution in [1.29, 1.82) is 0 Å². The van der Waals surface area contributed by atoms with E-state index in [1.165, 1.54) is 42.5 Å². The Morgan fingerprint density at radius 3 is 2.53 bits per heavy atom. The summed E-state index contributed by atoms with van der Waals surface area (Å²) in [4.78, 5) is 15.6. The van der Waals surface area contributed by atoms with E-state index in [0.717, 1.165) is 19.3 Å². The summed E-state index contributed by atoms with van der Waals surface area (Å²) in [5, 5.41) is 2.55. The number of amides is 1. The number of fused-ring (bicyclic) bond motifs is 1. The predicted molar refractivity (Wildman–Crippen MR) is 119 cm³/mol. The van der Waals surface area contributed by atoms with Crippen LogP contribution in [-0.2, 0) is 24.8 Å². The van der Waals surface area contributed by atoms with Crippen molar-refractivity contribution in [2.45, 2.75) is 35.5 Å². The number of anilines is 2. The smallest absolute Gasteiger partial charge is 0.262 e. The van der Waals surface area contributed by atoms with Crippen LogP contribution < -0.4 is 19.5 Å². The molecule has 0 saturated heterocycles. The first-order chi connectivity index (χ1) is 15.2. The highest BCUT2D eigenvalue weighted by Crippen LogP contribution is 2.31. The van der Waals surface area contributed by atoms with Gasteiger partial charge in [-0.25, -0.2) is 16.8 Å². The summed E-state index contributed by atoms with van der Waals surface area (Å²) >= 11 is 0. The number of sulfonamides is 2. The second kappa shape index (κ2) is 8.79. The molecule has 32 heavy (non-hydrogen) atoms. The number of benzene rings is 2. The van der Waals surface area contributed by atoms with Gasteiger partial charge in [-0.15, -0.1) is 0 Å². The van der Waals surface area contributed by atoms with Crippen LogP contribution in [0.1, 0.15) is 25.7 Å². The molecule has 12 heteroatoms. The normalized spacial score (nSPS) is 16.6. The van der Waals surface area contributed by atoms with Crippen LogP contribution in [0.5, 0.6) is 5.75 Å². The van der Waals surface area contributed by atoms with Crippen LogP contribution in [0.2, 0.25) is 0 Å². The van der Waals surface area contributed by atoms with Crippen LogP contribution in [0, 0.1) is 0 Å². The lowest BCUT2D eigenvalue weighted by atomic mass is 10.2. The Hall–Kier alpha value is -3.12. The lowest BCUT2D eigenvalue weighted by Crippen LogP contribution is -2.30. The Balaban J connectivity index is 1.55. The molecule has 0 aromatic heterocycles. The third-order valence-corrected chi connectivity index (χ3v) is 7.68. The Bertz CT molecular complexity index is 1290. The number of carbonyl (C=O) groups excluding carboxylic acids is 1. The van der Waals surface area contributed by atoms with Gasteiger partial charge in [-0.05, 0) is 49.2 Å². The van der Waals surface area contributed by atoms with Crippen molar-refractivity contribution in [3.05, 3.63) is 42.5 Å². The van der Waals surface area contributed by atoms with Crippen molar-refractivity contribution in [2.75, 3.05) is 23.2 Å². The first-order valence-electron chi connectivity index (χ1n) is 9.99. The number of ether oxygens (including phenoxy) is 1. The Morgan fingerprint density at radius 1 is 0.906 bits per heavy atom. The summed E-state index contributed by atoms with van der Waals surface area (Å²) in [5.74, 6) is 0.389. The van der Waals surface area contributed by atoms with Crippen molar-refractivity contribution in [1.82, 2.24) is 4.72 Å². The van der Waals surface area contributed by atoms with Gasteiger partial charge in [0.15, 0.2) is 6.61 Å². The number of nitrogens with one attached hydrogen (secondary N) is 3. The van der Waals surface area contributed by atoms with Gasteiger partial charge in [-0.1, -0.05) is 12.5 Å². The minimum atomic E-state index is -4.05. The average molecular weight is 479 g/mol. The molecule has 0 saturated carbocycles. The van der Waals surface area contributed by atoms with Crippen molar-refractivity contribution < 1.29 is 26.4 Å². The van der Waals surface area contributed by atoms with E-state index in [9.17, 15) is 21.6 Å². The van der Waals surface area contributed by atoms with Crippen molar-refractivity contribution in [3.8, 4) is 5.75 Å². The summed E-state index contributed by atoms with van der Waals surface area (Å²) in [6.07, 6.45) is 3.31. The predicted octanol–water partition coefficient (Wildman–Crippen LogP) is 2.07. The largest absolute Gasteiger partial charge is 0.482 e. The Labute approximate surface area is 186 Å². The molecule has 4 rings (SSSR count). The van der Waals surface area contributed by atoms with E-state index >= 15 is 0 Å². The zero-order valence-electron chi connectivity index (χ0n) is 17.0. The zero-order valence-corrected chi connectivity index (χ0v) is 18.6. The highest BCUT2D eigenvalue weighted by atomic mass is 32.2. The lowest BCUT2D eigenvalue weighted by Gasteiger charge is -2.18. The molecule has 2 aliphatic heterocycles. The lowest BCUT2D eigenvalue weighted by molar-refractivity contribution is -0.118. The molecule has 0 radical (unpaired) electrons. The van der Waals surface area contributed by atoms with E-state index in [-0.39, 0.29) is 33.7 Å². The van der Waals surface area contributed by atoms with E-state index < -0.39 is 20.0 Å². The second-order valence-corrected chi connectivity index (χ2v) is 10.7. The molecular weight excluding hydrogens is 456 g/mol. The number of rotatable bonds is 5. The van der Waals surface area contributed by atoms with Gasteiger partial charge in [0.2, 0.25) is 0 Å². The molecule has 3 N–H and O–H groups in total. The van der Waals surface area contributed by atoms with Gasteiger partial charge in [-0.2, -0.15) is 0 Å². The first kappa shape index (κ1) is 22.1. The topological polar surface area (TPSA) is 143 Å². The minimum absolute atomic E-state index is 0.0775. The number of aliphatic imine (C=N–C) groups is 1. The summed E-state index contributed by atoms with van der Waals surface area (Å²) in [6, 6.07) is 9.57. The monoisotopic (exact) mass is 478 g/mol. The third kappa shape index (κ3) is 5.02. The van der Waals surface area contributed by atoms with Gasteiger partial charge < -0.3 is 10.1 Å². The molecule has 170 valence electrons. The van der Waals surface area contributed by atoms with Crippen LogP contribution in [0.25, 0.3) is 0 Å². The maximum absolute atomic E-state index is 12.8. The highest BCUT2D eigenvalue weighted by Gasteiger charge is 2.22. The number of carbonyl (C=O) groups is 1. The number of amidine groups is 1. The maximum atomic E-state index is 12.8. The van der Waals surface area contributed by atoms with Crippen LogP contribution >= 0.6 is 0 Å². The van der Waals surface area contributed by atoms with E-state index in [1.807, 2.05) is 0 Å². The third-order valence-electron chi connectivity index (χ3n) is 4.92. The summed E-state index contributed by atoms with van der Waals surface area (Å²) in [7, 11) is -7.97. The van der Waals surface area contributed by atoms with Crippen molar-refractivity contribution in [2.24, 2.45) is 4.99 Å². The molecule has 2 aliphatic rings. The maximum Gasteiger partial charge on any atom is 0.262 e. The molecule has 0 unspecified atom stereocenters. The standard InChI is InChI=1S/C20H22N4O6S2/c25-20-13-30-18-9-8-16(12-17(18)22-20)31(26,27)23-14-5-4-6-15(11-14)32(28,29)24-19-7-2-1-3-10-21-19/h4-6,8-9,11-12,23H,1-3,7,10,13H2,(H,21,24)(H,22,25). The second-order valence-electron chi connectivity index (χ2n) is 7.37. The van der Waals surface area contributed by atoms with Crippen molar-refractivity contribution >= 4 is 43.2 Å². The fourth-order valence-corrected chi connectivity index (χ4v) is 5.55. The SMILES string of the molecule is O=C1COc2ccc(S(=O)(=O)Nc3cccc(S(=O)(=O)NC4=NCCCCC4)c3)cc2N1. The fourth-order valence-electron chi connectivity index (χ4n) is 3.34. The van der Waals surface area contributed by atoms with E-state index in [0.29, 0.717) is 24.6 Å². The molecule has 0 spiro atoms. The van der Waals surface area contributed by atoms with E-state index in [1.54, 1.807) is 0 Å². The summed E-state index contributed by atoms with van der Waals surface area (Å²) in [5.41, 5.74) is 0.322. The number of hydrogen-bond donors (Lipinski definition) is 3. The van der Waals surface area contributed by atoms with Gasteiger partial charge >= 0.3 is 0 Å². The zero-order chi connectivity index (χ0) is 22.8. The molecule has 2 aromatic carbocycles. The molecule has 2 aromatic rings. The number of nitrogens with zero attached hydrogens (tertiary/aromatic N) is 1. The molecule has 0 aliphatic carbocycles. The van der Waals surface area contributed by atoms with Crippen LogP contribution in [0.3, 0.4) is 0 Å². The number of hydrogen-bond acceptors (Lipinski definition) is 7. The highest BCUT2D eigenvalue weighted by molar-refractivity contribution is 7.92. The molecule has 2 heterocycles. The molecule has 10 nitrogen and oxygen atoms in total. The van der Waals surface area contributed by atoms with E-state index in [4.69, 9.17) is 4.74 Å². The Kier molecular flexibility index (Phi) is 6.07. The molecule has 0 atom stereocenters. The fraction of sp³-hybridized carbons (Fsp3) is 0.300. The van der Waals surface area contributed by atoms with Gasteiger partial charge in [0.1, 0.15) is 11.6 Å². The minimum Gasteiger partial charge on any atom is -0.482 e. The van der Waals surface area contributed by atoms with Gasteiger partial charge in [0.25, 0.3) is 26.0 Å². The van der Waals surface area contributed by atoms with Crippen molar-refractivity contribution in [3.63, 3.8) is 0 Å². The van der Waals surface area contributed by atoms with Crippen LogP contribution in [-0.4, -0.2) is 41.7 Å².